The number of nitro benzene ring substituents is 1. The fourth-order valence-electron chi connectivity index (χ4n) is 1.66. The summed E-state index contributed by atoms with van der Waals surface area (Å²) in [5, 5.41) is 14.4. The zero-order valence-corrected chi connectivity index (χ0v) is 10.4. The molecule has 98 valence electrons. The molecule has 2 rings (SSSR count). The highest BCUT2D eigenvalue weighted by Gasteiger charge is 2.19. The summed E-state index contributed by atoms with van der Waals surface area (Å²) in [6.45, 7) is 2.36. The Morgan fingerprint density at radius 3 is 3.11 bits per heavy atom. The summed E-state index contributed by atoms with van der Waals surface area (Å²) in [5.41, 5.74) is -0.0943. The van der Waals surface area contributed by atoms with Crippen LogP contribution in [0.3, 0.4) is 0 Å². The van der Waals surface area contributed by atoms with E-state index in [0.29, 0.717) is 18.2 Å². The number of hydrogen-bond acceptors (Lipinski definition) is 5. The molecular weight excluding hydrogens is 260 g/mol. The lowest BCUT2D eigenvalue weighted by Gasteiger charge is -2.23. The van der Waals surface area contributed by atoms with Gasteiger partial charge in [0.15, 0.2) is 5.75 Å². The van der Waals surface area contributed by atoms with Crippen molar-refractivity contribution in [2.75, 3.05) is 26.3 Å². The zero-order chi connectivity index (χ0) is 13.0. The molecule has 0 amide bonds. The van der Waals surface area contributed by atoms with Gasteiger partial charge >= 0.3 is 5.69 Å². The van der Waals surface area contributed by atoms with Crippen molar-refractivity contribution in [2.45, 2.75) is 6.10 Å². The first kappa shape index (κ1) is 13.1. The van der Waals surface area contributed by atoms with E-state index in [1.165, 1.54) is 18.2 Å². The predicted octanol–water partition coefficient (Wildman–Crippen LogP) is 1.62. The highest BCUT2D eigenvalue weighted by molar-refractivity contribution is 6.30. The number of halogens is 1. The monoisotopic (exact) mass is 272 g/mol. The van der Waals surface area contributed by atoms with Gasteiger partial charge in [-0.1, -0.05) is 11.6 Å². The van der Waals surface area contributed by atoms with Crippen LogP contribution >= 0.6 is 11.6 Å². The van der Waals surface area contributed by atoms with E-state index in [0.717, 1.165) is 6.54 Å². The van der Waals surface area contributed by atoms with Crippen LogP contribution in [0.25, 0.3) is 0 Å². The highest BCUT2D eigenvalue weighted by atomic mass is 35.5. The third-order valence-electron chi connectivity index (χ3n) is 2.55. The molecule has 1 fully saturated rings. The molecule has 0 radical (unpaired) electrons. The van der Waals surface area contributed by atoms with Crippen LogP contribution < -0.4 is 10.1 Å². The molecule has 1 aliphatic heterocycles. The van der Waals surface area contributed by atoms with E-state index in [4.69, 9.17) is 21.1 Å². The topological polar surface area (TPSA) is 73.6 Å². The van der Waals surface area contributed by atoms with Crippen LogP contribution in [0.15, 0.2) is 18.2 Å². The number of benzene rings is 1. The van der Waals surface area contributed by atoms with Crippen LogP contribution in [0.4, 0.5) is 5.69 Å². The maximum atomic E-state index is 10.8. The van der Waals surface area contributed by atoms with Crippen LogP contribution in [0, 0.1) is 10.1 Å². The highest BCUT2D eigenvalue weighted by Crippen LogP contribution is 2.30. The second-order valence-corrected chi connectivity index (χ2v) is 4.31. The van der Waals surface area contributed by atoms with Crippen LogP contribution in [0.1, 0.15) is 0 Å². The first-order valence-electron chi connectivity index (χ1n) is 5.56. The van der Waals surface area contributed by atoms with E-state index >= 15 is 0 Å². The molecule has 0 aliphatic carbocycles. The summed E-state index contributed by atoms with van der Waals surface area (Å²) in [5.74, 6) is 0.168. The molecule has 1 aromatic rings. The molecule has 1 heterocycles. The fourth-order valence-corrected chi connectivity index (χ4v) is 1.83. The number of hydrogen-bond donors (Lipinski definition) is 1. The molecule has 0 bridgehead atoms. The maximum absolute atomic E-state index is 10.8. The quantitative estimate of drug-likeness (QED) is 0.666. The number of nitro groups is 1. The second kappa shape index (κ2) is 5.99. The Kier molecular flexibility index (Phi) is 4.35. The lowest BCUT2D eigenvalue weighted by Crippen LogP contribution is -2.41. The number of morpholine rings is 1. The summed E-state index contributed by atoms with van der Waals surface area (Å²) < 4.78 is 10.9. The molecule has 1 saturated heterocycles. The number of ether oxygens (including phenoxy) is 2. The average Bonchev–Trinajstić information content (AvgIpc) is 2.37. The molecule has 1 N–H and O–H groups in total. The lowest BCUT2D eigenvalue weighted by molar-refractivity contribution is -0.385. The van der Waals surface area contributed by atoms with Crippen molar-refractivity contribution >= 4 is 17.3 Å². The maximum Gasteiger partial charge on any atom is 0.311 e. The Morgan fingerprint density at radius 1 is 1.61 bits per heavy atom. The molecule has 7 heteroatoms. The van der Waals surface area contributed by atoms with E-state index in [-0.39, 0.29) is 24.1 Å². The van der Waals surface area contributed by atoms with E-state index in [1.807, 2.05) is 0 Å². The summed E-state index contributed by atoms with van der Waals surface area (Å²) in [6, 6.07) is 4.23. The number of nitrogens with one attached hydrogen (secondary N) is 1. The summed E-state index contributed by atoms with van der Waals surface area (Å²) in [7, 11) is 0. The van der Waals surface area contributed by atoms with Gasteiger partial charge in [0.1, 0.15) is 12.7 Å². The largest absolute Gasteiger partial charge is 0.484 e. The molecule has 1 aliphatic rings. The first-order chi connectivity index (χ1) is 8.66. The third kappa shape index (κ3) is 3.32. The van der Waals surface area contributed by atoms with Gasteiger partial charge in [-0.25, -0.2) is 0 Å². The number of nitrogens with zero attached hydrogens (tertiary/aromatic N) is 1. The van der Waals surface area contributed by atoms with E-state index in [9.17, 15) is 10.1 Å². The minimum atomic E-state index is -0.494. The fraction of sp³-hybridized carbons (Fsp3) is 0.455. The minimum Gasteiger partial charge on any atom is -0.484 e. The van der Waals surface area contributed by atoms with Crippen LogP contribution in [-0.4, -0.2) is 37.3 Å². The Balaban J connectivity index is 2.03. The van der Waals surface area contributed by atoms with Crippen molar-refractivity contribution in [3.8, 4) is 5.75 Å². The van der Waals surface area contributed by atoms with Gasteiger partial charge in [-0.15, -0.1) is 0 Å². The molecule has 1 aromatic carbocycles. The van der Waals surface area contributed by atoms with Gasteiger partial charge in [-0.3, -0.25) is 10.1 Å². The van der Waals surface area contributed by atoms with E-state index in [2.05, 4.69) is 5.32 Å². The van der Waals surface area contributed by atoms with Crippen molar-refractivity contribution in [3.63, 3.8) is 0 Å². The van der Waals surface area contributed by atoms with Crippen LogP contribution in [-0.2, 0) is 4.74 Å². The Bertz CT molecular complexity index is 435. The Morgan fingerprint density at radius 2 is 2.44 bits per heavy atom. The van der Waals surface area contributed by atoms with Crippen LogP contribution in [0.5, 0.6) is 5.75 Å². The van der Waals surface area contributed by atoms with Gasteiger partial charge in [0.05, 0.1) is 11.5 Å². The third-order valence-corrected chi connectivity index (χ3v) is 2.78. The predicted molar refractivity (Wildman–Crippen MR) is 66.2 cm³/mol. The zero-order valence-electron chi connectivity index (χ0n) is 9.60. The molecule has 18 heavy (non-hydrogen) atoms. The van der Waals surface area contributed by atoms with E-state index < -0.39 is 4.92 Å². The van der Waals surface area contributed by atoms with Crippen molar-refractivity contribution in [3.05, 3.63) is 33.3 Å². The molecular formula is C11H13ClN2O4. The summed E-state index contributed by atoms with van der Waals surface area (Å²) >= 11 is 5.80. The van der Waals surface area contributed by atoms with Gasteiger partial charge in [0, 0.05) is 30.2 Å². The second-order valence-electron chi connectivity index (χ2n) is 3.88. The van der Waals surface area contributed by atoms with Gasteiger partial charge in [0.2, 0.25) is 0 Å². The van der Waals surface area contributed by atoms with E-state index in [1.54, 1.807) is 0 Å². The first-order valence-corrected chi connectivity index (χ1v) is 5.93. The van der Waals surface area contributed by atoms with Gasteiger partial charge in [-0.05, 0) is 6.07 Å². The summed E-state index contributed by atoms with van der Waals surface area (Å²) in [6.07, 6.45) is -0.0997. The molecule has 1 unspecified atom stereocenters. The van der Waals surface area contributed by atoms with Gasteiger partial charge in [-0.2, -0.15) is 0 Å². The van der Waals surface area contributed by atoms with Crippen molar-refractivity contribution in [2.24, 2.45) is 0 Å². The van der Waals surface area contributed by atoms with Crippen molar-refractivity contribution < 1.29 is 14.4 Å². The Hall–Kier alpha value is -1.37. The lowest BCUT2D eigenvalue weighted by atomic mass is 10.3. The summed E-state index contributed by atoms with van der Waals surface area (Å²) in [4.78, 5) is 10.3. The molecule has 0 spiro atoms. The molecule has 1 atom stereocenters. The minimum absolute atomic E-state index is 0.0943. The molecule has 6 nitrogen and oxygen atoms in total. The van der Waals surface area contributed by atoms with Crippen molar-refractivity contribution in [1.82, 2.24) is 5.32 Å². The smallest absolute Gasteiger partial charge is 0.311 e. The molecule has 0 saturated carbocycles. The SMILES string of the molecule is O=[N+]([O-])c1ccc(Cl)cc1OCC1CNCCO1. The Labute approximate surface area is 109 Å². The van der Waals surface area contributed by atoms with Crippen molar-refractivity contribution in [1.29, 1.82) is 0 Å². The number of rotatable bonds is 4. The molecule has 0 aromatic heterocycles. The van der Waals surface area contributed by atoms with Gasteiger partial charge in [0.25, 0.3) is 0 Å². The standard InChI is InChI=1S/C11H13ClN2O4/c12-8-1-2-10(14(15)16)11(5-8)18-7-9-6-13-3-4-17-9/h1-2,5,9,13H,3-4,6-7H2. The van der Waals surface area contributed by atoms with Crippen LogP contribution in [0.2, 0.25) is 5.02 Å². The van der Waals surface area contributed by atoms with Gasteiger partial charge < -0.3 is 14.8 Å². The normalized spacial score (nSPS) is 19.5. The average molecular weight is 273 g/mol.